The van der Waals surface area contributed by atoms with Crippen molar-refractivity contribution >= 4 is 6.09 Å². The average Bonchev–Trinajstić information content (AvgIpc) is 2.68. The molecule has 1 aliphatic heterocycles. The summed E-state index contributed by atoms with van der Waals surface area (Å²) in [6.45, 7) is -7.32. The molecule has 1 atom stereocenters. The lowest BCUT2D eigenvalue weighted by molar-refractivity contribution is 0.105. The van der Waals surface area contributed by atoms with Crippen molar-refractivity contribution in [3.8, 4) is 5.75 Å². The molecule has 0 spiro atoms. The Morgan fingerprint density at radius 2 is 2.44 bits per heavy atom. The van der Waals surface area contributed by atoms with Crippen molar-refractivity contribution in [1.29, 1.82) is 0 Å². The van der Waals surface area contributed by atoms with Crippen molar-refractivity contribution in [2.24, 2.45) is 0 Å². The van der Waals surface area contributed by atoms with Gasteiger partial charge in [0.1, 0.15) is 12.4 Å². The number of cyclic esters (lactones) is 1. The molecule has 1 aromatic carbocycles. The van der Waals surface area contributed by atoms with Crippen LogP contribution in [0.25, 0.3) is 0 Å². The molecule has 4 nitrogen and oxygen atoms in total. The lowest BCUT2D eigenvalue weighted by Crippen LogP contribution is -2.21. The summed E-state index contributed by atoms with van der Waals surface area (Å²) in [6, 6.07) is -2.73. The lowest BCUT2D eigenvalue weighted by atomic mass is 10.1. The third-order valence-corrected chi connectivity index (χ3v) is 1.72. The van der Waals surface area contributed by atoms with E-state index >= 15 is 0 Å². The van der Waals surface area contributed by atoms with Gasteiger partial charge in [0.25, 0.3) is 0 Å². The second-order valence-electron chi connectivity index (χ2n) is 2.97. The van der Waals surface area contributed by atoms with Crippen LogP contribution in [0.5, 0.6) is 5.75 Å². The second-order valence-corrected chi connectivity index (χ2v) is 2.97. The van der Waals surface area contributed by atoms with E-state index in [9.17, 15) is 4.79 Å². The van der Waals surface area contributed by atoms with Crippen molar-refractivity contribution in [2.75, 3.05) is 13.2 Å². The van der Waals surface area contributed by atoms with Crippen LogP contribution < -0.4 is 10.0 Å². The van der Waals surface area contributed by atoms with E-state index in [1.165, 1.54) is 0 Å². The van der Waals surface area contributed by atoms with E-state index in [1.807, 2.05) is 0 Å². The standard InChI is InChI=1S/C12H15NO3/c1-8-3-9(2)5-10(4-8)15-7-11-6-13-12(14)16-11/h3-5,11H,6-7H2,1-2H3,(H,13,14)/i1D3,2D3,3D,4D,5D,11D/hD. The maximum absolute atomic E-state index is 11.2. The fourth-order valence-corrected chi connectivity index (χ4v) is 1.09. The van der Waals surface area contributed by atoms with Crippen LogP contribution in [-0.4, -0.2) is 25.3 Å². The quantitative estimate of drug-likeness (QED) is 0.864. The van der Waals surface area contributed by atoms with Gasteiger partial charge in [0.2, 0.25) is 0 Å². The number of amides is 1. The van der Waals surface area contributed by atoms with Crippen LogP contribution in [0, 0.1) is 13.7 Å². The molecule has 1 saturated heterocycles. The number of benzene rings is 1. The summed E-state index contributed by atoms with van der Waals surface area (Å²) >= 11 is 0. The first kappa shape index (κ1) is 3.65. The highest BCUT2D eigenvalue weighted by Crippen LogP contribution is 2.16. The van der Waals surface area contributed by atoms with Gasteiger partial charge in [0.15, 0.2) is 7.49 Å². The van der Waals surface area contributed by atoms with E-state index in [2.05, 4.69) is 4.74 Å². The van der Waals surface area contributed by atoms with E-state index < -0.39 is 74.0 Å². The smallest absolute Gasteiger partial charge is 0.407 e. The normalized spacial score (nSPS) is 35.9. The van der Waals surface area contributed by atoms with Gasteiger partial charge in [0, 0.05) is 8.22 Å². The highest BCUT2D eigenvalue weighted by atomic mass is 16.6. The number of hydrogen-bond donors (Lipinski definition) is 1. The Kier molecular flexibility index (Phi) is 1.01. The van der Waals surface area contributed by atoms with Crippen LogP contribution in [0.2, 0.25) is 1.41 Å². The average molecular weight is 232 g/mol. The molecule has 1 fully saturated rings. The largest absolute Gasteiger partial charge is 0.490 e. The monoisotopic (exact) mass is 232 g/mol. The van der Waals surface area contributed by atoms with Gasteiger partial charge in [-0.3, -0.25) is 0 Å². The Balaban J connectivity index is 2.55. The Bertz CT molecular complexity index is 734. The molecule has 2 rings (SSSR count). The summed E-state index contributed by atoms with van der Waals surface area (Å²) in [7, 11) is 0. The molecule has 1 aliphatic rings. The molecule has 1 aromatic rings. The Morgan fingerprint density at radius 3 is 3.00 bits per heavy atom. The van der Waals surface area contributed by atoms with E-state index in [4.69, 9.17) is 19.9 Å². The third kappa shape index (κ3) is 2.66. The number of ether oxygens (including phenoxy) is 2. The molecule has 16 heavy (non-hydrogen) atoms. The summed E-state index contributed by atoms with van der Waals surface area (Å²) in [4.78, 5) is 11.2. The molecule has 1 unspecified atom stereocenters. The summed E-state index contributed by atoms with van der Waals surface area (Å²) in [5.41, 5.74) is -1.80. The molecule has 1 heterocycles. The van der Waals surface area contributed by atoms with Gasteiger partial charge in [-0.15, -0.1) is 0 Å². The molecule has 4 heteroatoms. The third-order valence-electron chi connectivity index (χ3n) is 1.72. The fourth-order valence-electron chi connectivity index (χ4n) is 1.09. The minimum Gasteiger partial charge on any atom is -0.490 e. The molecular formula is C12H15NO3. The molecule has 1 N–H and O–H groups in total. The minimum atomic E-state index is -3.02. The van der Waals surface area contributed by atoms with Crippen LogP contribution in [0.3, 0.4) is 0 Å². The first-order valence-electron chi connectivity index (χ1n) is 9.80. The fraction of sp³-hybridized carbons (Fsp3) is 0.417. The van der Waals surface area contributed by atoms with Gasteiger partial charge < -0.3 is 14.8 Å². The summed E-state index contributed by atoms with van der Waals surface area (Å²) in [5.74, 6) is -0.755. The first-order valence-corrected chi connectivity index (χ1v) is 4.35. The van der Waals surface area contributed by atoms with Crippen molar-refractivity contribution in [1.82, 2.24) is 5.31 Å². The van der Waals surface area contributed by atoms with Gasteiger partial charge in [-0.05, 0) is 36.9 Å². The van der Waals surface area contributed by atoms with Crippen molar-refractivity contribution in [3.63, 3.8) is 0 Å². The molecule has 86 valence electrons. The van der Waals surface area contributed by atoms with Crippen LogP contribution in [0.4, 0.5) is 4.79 Å². The number of carbonyl (C=O) groups excluding carboxylic acids is 1. The molecular weight excluding hydrogens is 206 g/mol. The first-order chi connectivity index (χ1) is 12.1. The van der Waals surface area contributed by atoms with E-state index in [0.29, 0.717) is 5.31 Å². The molecule has 0 aliphatic carbocycles. The zero-order chi connectivity index (χ0) is 20.9. The molecule has 0 aromatic heterocycles. The zero-order valence-corrected chi connectivity index (χ0v) is 8.09. The Labute approximate surface area is 110 Å². The molecule has 0 bridgehead atoms. The van der Waals surface area contributed by atoms with Crippen molar-refractivity contribution in [3.05, 3.63) is 29.3 Å². The van der Waals surface area contributed by atoms with Crippen LogP contribution in [0.15, 0.2) is 18.1 Å². The van der Waals surface area contributed by atoms with Gasteiger partial charge in [-0.2, -0.15) is 0 Å². The Hall–Kier alpha value is -1.71. The number of carbonyl (C=O) groups is 1. The number of alkyl carbamates (subject to hydrolysis) is 1. The van der Waals surface area contributed by atoms with Crippen molar-refractivity contribution < 1.29 is 29.4 Å². The van der Waals surface area contributed by atoms with E-state index in [1.54, 1.807) is 0 Å². The highest BCUT2D eigenvalue weighted by molar-refractivity contribution is 5.69. The zero-order valence-electron chi connectivity index (χ0n) is 19.1. The van der Waals surface area contributed by atoms with Gasteiger partial charge in [-0.25, -0.2) is 4.79 Å². The van der Waals surface area contributed by atoms with Crippen LogP contribution in [-0.2, 0) is 4.74 Å². The topological polar surface area (TPSA) is 47.6 Å². The maximum Gasteiger partial charge on any atom is 0.407 e. The van der Waals surface area contributed by atoms with Gasteiger partial charge in [0.05, 0.1) is 12.0 Å². The maximum atomic E-state index is 11.2. The van der Waals surface area contributed by atoms with Crippen LogP contribution in [0.1, 0.15) is 24.8 Å². The highest BCUT2D eigenvalue weighted by Gasteiger charge is 2.22. The molecule has 1 amide bonds. The SMILES string of the molecule is [2H]c1c(OCC2([2H])CN([2H])C(=O)O2)c([2H])c(C([2H])([2H])[2H])c([2H])c1C([2H])([2H])[2H]. The molecule has 0 saturated carbocycles. The predicted octanol–water partition coefficient (Wildman–Crippen LogP) is 1.79. The predicted molar refractivity (Wildman–Crippen MR) is 59.7 cm³/mol. The number of nitrogens with one attached hydrogen (secondary N) is 1. The minimum absolute atomic E-state index is 0.355. The number of hydrogen-bond acceptors (Lipinski definition) is 3. The van der Waals surface area contributed by atoms with E-state index in [-0.39, 0.29) is 0 Å². The van der Waals surface area contributed by atoms with Crippen molar-refractivity contribution in [2.45, 2.75) is 19.8 Å². The van der Waals surface area contributed by atoms with Gasteiger partial charge >= 0.3 is 6.09 Å². The summed E-state index contributed by atoms with van der Waals surface area (Å²) < 4.78 is 93.6. The van der Waals surface area contributed by atoms with Crippen LogP contribution >= 0.6 is 0 Å². The molecule has 0 radical (unpaired) electrons. The lowest BCUT2D eigenvalue weighted by Gasteiger charge is -2.11. The summed E-state index contributed by atoms with van der Waals surface area (Å²) in [5, 5.41) is 0.355. The second kappa shape index (κ2) is 4.43. The van der Waals surface area contributed by atoms with E-state index in [0.717, 1.165) is 0 Å². The Morgan fingerprint density at radius 1 is 1.69 bits per heavy atom. The number of rotatable bonds is 3. The van der Waals surface area contributed by atoms with Gasteiger partial charge in [-0.1, -0.05) is 6.04 Å². The summed E-state index contributed by atoms with van der Waals surface area (Å²) in [6.07, 6.45) is -3.17.